The predicted octanol–water partition coefficient (Wildman–Crippen LogP) is 0.931. The maximum Gasteiger partial charge on any atom is 0.324 e. The zero-order valence-corrected chi connectivity index (χ0v) is 17.5. The molecule has 2 rings (SSSR count). The smallest absolute Gasteiger partial charge is 0.324 e. The van der Waals surface area contributed by atoms with Gasteiger partial charge in [0, 0.05) is 0 Å². The predicted molar refractivity (Wildman–Crippen MR) is 105 cm³/mol. The van der Waals surface area contributed by atoms with E-state index in [1.165, 1.54) is 43.3 Å². The van der Waals surface area contributed by atoms with Gasteiger partial charge in [-0.2, -0.15) is 4.72 Å². The number of nitrogens with one attached hydrogen (secondary N) is 1. The zero-order chi connectivity index (χ0) is 21.7. The van der Waals surface area contributed by atoms with E-state index in [1.54, 1.807) is 12.1 Å². The third-order valence-corrected chi connectivity index (χ3v) is 6.25. The fraction of sp³-hybridized carbons (Fsp3) is 0.278. The second kappa shape index (κ2) is 9.35. The Hall–Kier alpha value is -2.47. The quantitative estimate of drug-likeness (QED) is 0.434. The van der Waals surface area contributed by atoms with Gasteiger partial charge in [0.2, 0.25) is 20.0 Å². The lowest BCUT2D eigenvalue weighted by Gasteiger charge is -2.14. The van der Waals surface area contributed by atoms with Crippen LogP contribution in [0.5, 0.6) is 5.75 Å². The lowest BCUT2D eigenvalue weighted by molar-refractivity contribution is -0.145. The number of rotatable bonds is 9. The van der Waals surface area contributed by atoms with E-state index >= 15 is 0 Å². The van der Waals surface area contributed by atoms with Crippen LogP contribution in [0.15, 0.2) is 58.3 Å². The number of carbonyl (C=O) groups excluding carboxylic acids is 1. The van der Waals surface area contributed by atoms with Crippen LogP contribution < -0.4 is 14.6 Å². The monoisotopic (exact) mass is 442 g/mol. The van der Waals surface area contributed by atoms with Crippen molar-refractivity contribution < 1.29 is 31.1 Å². The highest BCUT2D eigenvalue weighted by Gasteiger charge is 2.23. The summed E-state index contributed by atoms with van der Waals surface area (Å²) in [6.07, 6.45) is 0. The highest BCUT2D eigenvalue weighted by molar-refractivity contribution is 7.89. The van der Waals surface area contributed by atoms with Crippen molar-refractivity contribution in [2.45, 2.75) is 29.7 Å². The molecule has 0 unspecified atom stereocenters. The largest absolute Gasteiger partial charge is 0.490 e. The molecule has 0 saturated carbocycles. The maximum atomic E-state index is 12.3. The third kappa shape index (κ3) is 6.82. The first-order chi connectivity index (χ1) is 13.5. The molecule has 1 atom stereocenters. The first-order valence-electron chi connectivity index (χ1n) is 8.50. The van der Waals surface area contributed by atoms with E-state index in [1.807, 2.05) is 6.92 Å². The van der Waals surface area contributed by atoms with Crippen molar-refractivity contribution in [3.63, 3.8) is 0 Å². The molecule has 0 aliphatic heterocycles. The van der Waals surface area contributed by atoms with Crippen LogP contribution in [0.4, 0.5) is 0 Å². The molecular formula is C18H22N2O7S2. The Morgan fingerprint density at radius 2 is 1.52 bits per heavy atom. The van der Waals surface area contributed by atoms with Crippen LogP contribution in [-0.2, 0) is 29.6 Å². The Kier molecular flexibility index (Phi) is 7.36. The molecule has 0 fully saturated rings. The summed E-state index contributed by atoms with van der Waals surface area (Å²) in [5.41, 5.74) is 0.913. The summed E-state index contributed by atoms with van der Waals surface area (Å²) in [4.78, 5) is 12.0. The molecule has 0 radical (unpaired) electrons. The molecule has 0 aromatic heterocycles. The van der Waals surface area contributed by atoms with Gasteiger partial charge in [0.15, 0.2) is 0 Å². The maximum absolute atomic E-state index is 12.3. The fourth-order valence-corrected chi connectivity index (χ4v) is 3.93. The standard InChI is InChI=1S/C18H22N2O7S2/c1-13-3-7-17(8-4-13)29(24,25)20-14(2)18(21)27-12-11-26-15-5-9-16(10-6-15)28(19,22)23/h3-10,14,20H,11-12H2,1-2H3,(H2,19,22,23)/t14-/m1/s1. The lowest BCUT2D eigenvalue weighted by Crippen LogP contribution is -2.39. The molecule has 0 bridgehead atoms. The summed E-state index contributed by atoms with van der Waals surface area (Å²) in [6, 6.07) is 10.5. The van der Waals surface area contributed by atoms with Gasteiger partial charge in [-0.15, -0.1) is 0 Å². The molecule has 0 aliphatic rings. The summed E-state index contributed by atoms with van der Waals surface area (Å²) < 4.78 is 59.5. The Morgan fingerprint density at radius 1 is 0.966 bits per heavy atom. The molecule has 0 aliphatic carbocycles. The van der Waals surface area contributed by atoms with Gasteiger partial charge in [0.05, 0.1) is 9.79 Å². The summed E-state index contributed by atoms with van der Waals surface area (Å²) in [5.74, 6) is -0.393. The first kappa shape index (κ1) is 22.8. The number of ether oxygens (including phenoxy) is 2. The SMILES string of the molecule is Cc1ccc(S(=O)(=O)N[C@H](C)C(=O)OCCOc2ccc(S(N)(=O)=O)cc2)cc1. The molecule has 0 heterocycles. The number of nitrogens with two attached hydrogens (primary N) is 1. The van der Waals surface area contributed by atoms with Crippen molar-refractivity contribution in [3.05, 3.63) is 54.1 Å². The van der Waals surface area contributed by atoms with Crippen LogP contribution in [0.2, 0.25) is 0 Å². The molecule has 9 nitrogen and oxygen atoms in total. The number of benzene rings is 2. The van der Waals surface area contributed by atoms with E-state index in [0.717, 1.165) is 5.56 Å². The molecule has 158 valence electrons. The average molecular weight is 443 g/mol. The summed E-state index contributed by atoms with van der Waals surface area (Å²) >= 11 is 0. The molecule has 0 amide bonds. The van der Waals surface area contributed by atoms with Crippen LogP contribution in [0, 0.1) is 6.92 Å². The van der Waals surface area contributed by atoms with E-state index in [9.17, 15) is 21.6 Å². The van der Waals surface area contributed by atoms with Crippen LogP contribution >= 0.6 is 0 Å². The zero-order valence-electron chi connectivity index (χ0n) is 15.9. The van der Waals surface area contributed by atoms with Crippen LogP contribution in [0.25, 0.3) is 0 Å². The van der Waals surface area contributed by atoms with Gasteiger partial charge in [-0.05, 0) is 50.2 Å². The second-order valence-corrected chi connectivity index (χ2v) is 9.46. The van der Waals surface area contributed by atoms with Gasteiger partial charge >= 0.3 is 5.97 Å². The lowest BCUT2D eigenvalue weighted by atomic mass is 10.2. The van der Waals surface area contributed by atoms with Crippen LogP contribution in [0.1, 0.15) is 12.5 Å². The first-order valence-corrected chi connectivity index (χ1v) is 11.5. The fourth-order valence-electron chi connectivity index (χ4n) is 2.22. The van der Waals surface area contributed by atoms with Crippen molar-refractivity contribution in [2.75, 3.05) is 13.2 Å². The molecule has 2 aromatic rings. The number of sulfonamides is 2. The highest BCUT2D eigenvalue weighted by Crippen LogP contribution is 2.15. The van der Waals surface area contributed by atoms with Gasteiger partial charge in [-0.25, -0.2) is 22.0 Å². The molecule has 29 heavy (non-hydrogen) atoms. The normalized spacial score (nSPS) is 12.9. The van der Waals surface area contributed by atoms with Gasteiger partial charge in [-0.3, -0.25) is 4.79 Å². The van der Waals surface area contributed by atoms with Crippen molar-refractivity contribution >= 4 is 26.0 Å². The summed E-state index contributed by atoms with van der Waals surface area (Å²) in [6.45, 7) is 3.09. The minimum absolute atomic E-state index is 0.00209. The molecule has 0 spiro atoms. The third-order valence-electron chi connectivity index (χ3n) is 3.77. The molecule has 11 heteroatoms. The van der Waals surface area contributed by atoms with Gasteiger partial charge < -0.3 is 9.47 Å². The molecule has 0 saturated heterocycles. The Balaban J connectivity index is 1.80. The van der Waals surface area contributed by atoms with Crippen LogP contribution in [-0.4, -0.2) is 42.1 Å². The van der Waals surface area contributed by atoms with E-state index < -0.39 is 32.1 Å². The highest BCUT2D eigenvalue weighted by atomic mass is 32.2. The molecular weight excluding hydrogens is 420 g/mol. The minimum atomic E-state index is -3.85. The van der Waals surface area contributed by atoms with Gasteiger partial charge in [0.1, 0.15) is 25.0 Å². The molecule has 2 aromatic carbocycles. The Morgan fingerprint density at radius 3 is 2.07 bits per heavy atom. The van der Waals surface area contributed by atoms with Crippen molar-refractivity contribution in [1.82, 2.24) is 4.72 Å². The summed E-state index contributed by atoms with van der Waals surface area (Å²) in [5, 5.41) is 5.00. The van der Waals surface area contributed by atoms with Crippen LogP contribution in [0.3, 0.4) is 0 Å². The number of hydrogen-bond acceptors (Lipinski definition) is 7. The Bertz CT molecular complexity index is 1050. The average Bonchev–Trinajstić information content (AvgIpc) is 2.64. The summed E-state index contributed by atoms with van der Waals surface area (Å²) in [7, 11) is -7.64. The number of hydrogen-bond donors (Lipinski definition) is 2. The number of esters is 1. The van der Waals surface area contributed by atoms with Crippen molar-refractivity contribution in [2.24, 2.45) is 5.14 Å². The van der Waals surface area contributed by atoms with Crippen molar-refractivity contribution in [3.8, 4) is 5.75 Å². The number of aryl methyl sites for hydroxylation is 1. The van der Waals surface area contributed by atoms with E-state index in [4.69, 9.17) is 14.6 Å². The topological polar surface area (TPSA) is 142 Å². The molecule has 3 N–H and O–H groups in total. The van der Waals surface area contributed by atoms with Gasteiger partial charge in [-0.1, -0.05) is 17.7 Å². The number of primary sulfonamides is 1. The second-order valence-electron chi connectivity index (χ2n) is 6.19. The van der Waals surface area contributed by atoms with Crippen molar-refractivity contribution in [1.29, 1.82) is 0 Å². The Labute approximate surface area is 169 Å². The van der Waals surface area contributed by atoms with E-state index in [-0.39, 0.29) is 23.0 Å². The minimum Gasteiger partial charge on any atom is -0.490 e. The van der Waals surface area contributed by atoms with E-state index in [2.05, 4.69) is 4.72 Å². The number of carbonyl (C=O) groups is 1. The van der Waals surface area contributed by atoms with E-state index in [0.29, 0.717) is 5.75 Å². The van der Waals surface area contributed by atoms with Gasteiger partial charge in [0.25, 0.3) is 0 Å².